The molecule has 0 saturated carbocycles. The molecule has 1 fully saturated rings. The van der Waals surface area contributed by atoms with Crippen LogP contribution in [0.5, 0.6) is 0 Å². The maximum absolute atomic E-state index is 13.8. The van der Waals surface area contributed by atoms with E-state index in [1.165, 1.54) is 6.07 Å². The van der Waals surface area contributed by atoms with Gasteiger partial charge in [0.05, 0.1) is 16.9 Å². The van der Waals surface area contributed by atoms with E-state index in [1.54, 1.807) is 12.1 Å². The molecule has 2 N–H and O–H groups in total. The quantitative estimate of drug-likeness (QED) is 0.623. The molecule has 0 unspecified atom stereocenters. The lowest BCUT2D eigenvalue weighted by Gasteiger charge is -2.46. The van der Waals surface area contributed by atoms with E-state index in [9.17, 15) is 9.18 Å². The van der Waals surface area contributed by atoms with Gasteiger partial charge in [0.15, 0.2) is 0 Å². The fourth-order valence-electron chi connectivity index (χ4n) is 4.43. The summed E-state index contributed by atoms with van der Waals surface area (Å²) >= 11 is 0. The molecule has 2 amide bonds. The highest BCUT2D eigenvalue weighted by Crippen LogP contribution is 2.43. The fraction of sp³-hybridized carbons (Fsp3) is 0.261. The number of urea groups is 1. The summed E-state index contributed by atoms with van der Waals surface area (Å²) in [6, 6.07) is 16.7. The first-order valence-electron chi connectivity index (χ1n) is 9.93. The molecule has 5 nitrogen and oxygen atoms in total. The number of rotatable bonds is 1. The van der Waals surface area contributed by atoms with Crippen LogP contribution < -0.4 is 10.6 Å². The Balaban J connectivity index is 1.34. The number of hydrogen-bond donors (Lipinski definition) is 2. The van der Waals surface area contributed by atoms with Crippen LogP contribution in [0.2, 0.25) is 0 Å². The summed E-state index contributed by atoms with van der Waals surface area (Å²) < 4.78 is 16.0. The topological polar surface area (TPSA) is 49.3 Å². The summed E-state index contributed by atoms with van der Waals surface area (Å²) in [6.07, 6.45) is 3.54. The number of piperidine rings is 1. The largest absolute Gasteiger partial charge is 0.372 e. The number of benzene rings is 2. The molecule has 148 valence electrons. The van der Waals surface area contributed by atoms with Crippen molar-refractivity contribution in [3.8, 4) is 5.69 Å². The van der Waals surface area contributed by atoms with Gasteiger partial charge in [0, 0.05) is 30.7 Å². The predicted molar refractivity (Wildman–Crippen MR) is 112 cm³/mol. The molecule has 0 radical (unpaired) electrons. The summed E-state index contributed by atoms with van der Waals surface area (Å²) in [7, 11) is 0. The average molecular weight is 390 g/mol. The zero-order valence-corrected chi connectivity index (χ0v) is 16.3. The first-order valence-corrected chi connectivity index (χ1v) is 9.93. The van der Waals surface area contributed by atoms with Crippen molar-refractivity contribution in [3.63, 3.8) is 0 Å². The number of amides is 2. The molecular weight excluding hydrogens is 367 g/mol. The van der Waals surface area contributed by atoms with E-state index >= 15 is 0 Å². The second-order valence-electron chi connectivity index (χ2n) is 7.92. The average Bonchev–Trinajstić information content (AvgIpc) is 3.21. The summed E-state index contributed by atoms with van der Waals surface area (Å²) in [5, 5.41) is 6.57. The minimum absolute atomic E-state index is 0.0821. The minimum atomic E-state index is -0.301. The van der Waals surface area contributed by atoms with E-state index in [1.807, 2.05) is 48.4 Å². The first-order chi connectivity index (χ1) is 14.0. The van der Waals surface area contributed by atoms with Gasteiger partial charge in [0.2, 0.25) is 0 Å². The second kappa shape index (κ2) is 6.65. The zero-order chi connectivity index (χ0) is 20.0. The number of aryl methyl sites for hydroxylation is 1. The number of carbonyl (C=O) groups is 1. The van der Waals surface area contributed by atoms with Crippen LogP contribution in [-0.2, 0) is 5.54 Å². The number of nitrogens with zero attached hydrogens (tertiary/aromatic N) is 2. The molecule has 3 heterocycles. The van der Waals surface area contributed by atoms with E-state index in [-0.39, 0.29) is 17.4 Å². The molecule has 2 aliphatic heterocycles. The number of hydrogen-bond acceptors (Lipinski definition) is 2. The summed E-state index contributed by atoms with van der Waals surface area (Å²) in [6.45, 7) is 3.27. The highest BCUT2D eigenvalue weighted by atomic mass is 19.1. The van der Waals surface area contributed by atoms with Crippen LogP contribution in [0.1, 0.15) is 24.1 Å². The van der Waals surface area contributed by atoms with Crippen LogP contribution in [0.15, 0.2) is 60.8 Å². The van der Waals surface area contributed by atoms with E-state index in [2.05, 4.69) is 21.3 Å². The summed E-state index contributed by atoms with van der Waals surface area (Å²) in [5.74, 6) is -0.253. The van der Waals surface area contributed by atoms with Gasteiger partial charge in [-0.25, -0.2) is 9.18 Å². The standard InChI is InChI=1S/C23H23FN4O/c1-16-4-7-18(8-5-16)25-22(29)27-13-10-23(11-14-27)21-3-2-12-28(21)20-9-6-17(24)15-19(20)26-23/h2-9,12,15,26H,10-11,13-14H2,1H3,(H,25,29). The van der Waals surface area contributed by atoms with Gasteiger partial charge in [-0.05, 0) is 62.2 Å². The van der Waals surface area contributed by atoms with Gasteiger partial charge in [0.25, 0.3) is 0 Å². The number of aromatic nitrogens is 1. The number of fused-ring (bicyclic) bond motifs is 4. The van der Waals surface area contributed by atoms with Crippen molar-refractivity contribution in [1.29, 1.82) is 0 Å². The molecular formula is C23H23FN4O. The van der Waals surface area contributed by atoms with Gasteiger partial charge in [-0.3, -0.25) is 0 Å². The van der Waals surface area contributed by atoms with E-state index in [0.717, 1.165) is 41.2 Å². The third-order valence-electron chi connectivity index (χ3n) is 6.04. The fourth-order valence-corrected chi connectivity index (χ4v) is 4.43. The molecule has 3 aromatic rings. The SMILES string of the molecule is Cc1ccc(NC(=O)N2CCC3(CC2)Nc2cc(F)ccc2-n2cccc23)cc1. The van der Waals surface area contributed by atoms with Crippen LogP contribution in [0.25, 0.3) is 5.69 Å². The molecule has 0 bridgehead atoms. The summed E-state index contributed by atoms with van der Waals surface area (Å²) in [4.78, 5) is 14.6. The van der Waals surface area contributed by atoms with Gasteiger partial charge in [0.1, 0.15) is 5.82 Å². The third kappa shape index (κ3) is 3.05. The Morgan fingerprint density at radius 3 is 2.62 bits per heavy atom. The highest BCUT2D eigenvalue weighted by molar-refractivity contribution is 5.89. The van der Waals surface area contributed by atoms with Crippen molar-refractivity contribution in [2.45, 2.75) is 25.3 Å². The van der Waals surface area contributed by atoms with E-state index in [0.29, 0.717) is 13.1 Å². The van der Waals surface area contributed by atoms with Gasteiger partial charge in [-0.2, -0.15) is 0 Å². The van der Waals surface area contributed by atoms with Crippen LogP contribution in [0.4, 0.5) is 20.6 Å². The Hall–Kier alpha value is -3.28. The molecule has 0 aliphatic carbocycles. The van der Waals surface area contributed by atoms with Crippen LogP contribution in [-0.4, -0.2) is 28.6 Å². The Morgan fingerprint density at radius 1 is 1.10 bits per heavy atom. The number of nitrogens with one attached hydrogen (secondary N) is 2. The maximum Gasteiger partial charge on any atom is 0.321 e. The lowest BCUT2D eigenvalue weighted by molar-refractivity contribution is 0.174. The predicted octanol–water partition coefficient (Wildman–Crippen LogP) is 4.87. The van der Waals surface area contributed by atoms with Crippen molar-refractivity contribution in [3.05, 3.63) is 77.9 Å². The lowest BCUT2D eigenvalue weighted by atomic mass is 9.82. The monoisotopic (exact) mass is 390 g/mol. The van der Waals surface area contributed by atoms with Gasteiger partial charge < -0.3 is 20.1 Å². The van der Waals surface area contributed by atoms with Crippen molar-refractivity contribution >= 4 is 17.4 Å². The van der Waals surface area contributed by atoms with E-state index < -0.39 is 0 Å². The minimum Gasteiger partial charge on any atom is -0.372 e. The van der Waals surface area contributed by atoms with Crippen LogP contribution in [0, 0.1) is 12.7 Å². The number of carbonyl (C=O) groups excluding carboxylic acids is 1. The molecule has 0 atom stereocenters. The lowest BCUT2D eigenvalue weighted by Crippen LogP contribution is -2.51. The molecule has 1 saturated heterocycles. The molecule has 1 spiro atoms. The number of likely N-dealkylation sites (tertiary alicyclic amines) is 1. The van der Waals surface area contributed by atoms with Crippen LogP contribution in [0.3, 0.4) is 0 Å². The Kier molecular flexibility index (Phi) is 4.08. The number of anilines is 2. The van der Waals surface area contributed by atoms with E-state index in [4.69, 9.17) is 0 Å². The molecule has 2 aliphatic rings. The van der Waals surface area contributed by atoms with Crippen molar-refractivity contribution in [2.24, 2.45) is 0 Å². The zero-order valence-electron chi connectivity index (χ0n) is 16.3. The first kappa shape index (κ1) is 17.8. The molecule has 2 aromatic carbocycles. The van der Waals surface area contributed by atoms with Crippen LogP contribution >= 0.6 is 0 Å². The Morgan fingerprint density at radius 2 is 1.86 bits per heavy atom. The summed E-state index contributed by atoms with van der Waals surface area (Å²) in [5.41, 5.74) is 4.57. The Bertz CT molecular complexity index is 1060. The van der Waals surface area contributed by atoms with Crippen molar-refractivity contribution in [1.82, 2.24) is 9.47 Å². The highest BCUT2D eigenvalue weighted by Gasteiger charge is 2.42. The molecule has 6 heteroatoms. The van der Waals surface area contributed by atoms with Gasteiger partial charge in [-0.1, -0.05) is 17.7 Å². The third-order valence-corrected chi connectivity index (χ3v) is 6.04. The number of halogens is 1. The molecule has 5 rings (SSSR count). The normalized spacial score (nSPS) is 16.7. The molecule has 29 heavy (non-hydrogen) atoms. The van der Waals surface area contributed by atoms with Gasteiger partial charge in [-0.15, -0.1) is 0 Å². The maximum atomic E-state index is 13.8. The van der Waals surface area contributed by atoms with Gasteiger partial charge >= 0.3 is 6.03 Å². The smallest absolute Gasteiger partial charge is 0.321 e. The van der Waals surface area contributed by atoms with Crippen molar-refractivity contribution < 1.29 is 9.18 Å². The second-order valence-corrected chi connectivity index (χ2v) is 7.92. The Labute approximate surface area is 169 Å². The molecule has 1 aromatic heterocycles. The van der Waals surface area contributed by atoms with Crippen molar-refractivity contribution in [2.75, 3.05) is 23.7 Å².